The first kappa shape index (κ1) is 73.4. The van der Waals surface area contributed by atoms with E-state index >= 15 is 0 Å². The fourth-order valence-corrected chi connectivity index (χ4v) is 10.4. The first-order valence-electron chi connectivity index (χ1n) is 30.6. The molecule has 0 aromatic heterocycles. The lowest BCUT2D eigenvalue weighted by atomic mass is 9.86. The number of ether oxygens (including phenoxy) is 2. The van der Waals surface area contributed by atoms with E-state index in [1.807, 2.05) is 73.8 Å². The van der Waals surface area contributed by atoms with Gasteiger partial charge in [0.25, 0.3) is 0 Å². The van der Waals surface area contributed by atoms with Crippen LogP contribution in [0.5, 0.6) is 0 Å². The Labute approximate surface area is 486 Å². The van der Waals surface area contributed by atoms with Crippen LogP contribution < -0.4 is 5.73 Å². The fourth-order valence-electron chi connectivity index (χ4n) is 10.4. The third kappa shape index (κ3) is 34.0. The fraction of sp³-hybridized carbons (Fsp3) is 0.697. The maximum Gasteiger partial charge on any atom is 0.306 e. The third-order valence-corrected chi connectivity index (χ3v) is 15.8. The molecular formula is C66H109NO14. The molecule has 1 saturated heterocycles. The minimum Gasteiger partial charge on any atom is -0.458 e. The number of cyclic esters (lactones) is 1. The molecule has 2 rings (SSSR count). The second-order valence-corrected chi connectivity index (χ2v) is 23.4. The number of ketones is 1. The normalized spacial score (nSPS) is 32.1. The number of nitrogens with two attached hydrogens (primary N) is 1. The zero-order chi connectivity index (χ0) is 60.0. The van der Waals surface area contributed by atoms with E-state index in [0.717, 1.165) is 25.7 Å². The Morgan fingerprint density at radius 1 is 0.716 bits per heavy atom. The van der Waals surface area contributed by atoms with Crippen LogP contribution in [0.4, 0.5) is 0 Å². The van der Waals surface area contributed by atoms with Crippen molar-refractivity contribution < 1.29 is 70.1 Å². The topological polar surface area (TPSA) is 281 Å². The van der Waals surface area contributed by atoms with Gasteiger partial charge in [-0.15, -0.1) is 6.58 Å². The number of hydrogen-bond donors (Lipinski definition) is 11. The predicted molar refractivity (Wildman–Crippen MR) is 322 cm³/mol. The molecule has 17 unspecified atom stereocenters. The molecule has 15 nitrogen and oxygen atoms in total. The molecule has 0 aliphatic carbocycles. The summed E-state index contributed by atoms with van der Waals surface area (Å²) in [4.78, 5) is 26.3. The molecule has 2 bridgehead atoms. The monoisotopic (exact) mass is 1140 g/mol. The number of esters is 1. The largest absolute Gasteiger partial charge is 0.458 e. The lowest BCUT2D eigenvalue weighted by Gasteiger charge is -2.42. The summed E-state index contributed by atoms with van der Waals surface area (Å²) in [7, 11) is 0. The van der Waals surface area contributed by atoms with Crippen molar-refractivity contribution in [2.75, 3.05) is 6.54 Å². The second kappa shape index (κ2) is 43.0. The van der Waals surface area contributed by atoms with Gasteiger partial charge in [-0.2, -0.15) is 0 Å². The van der Waals surface area contributed by atoms with Gasteiger partial charge in [0.15, 0.2) is 11.6 Å². The Bertz CT molecular complexity index is 1950. The zero-order valence-corrected chi connectivity index (χ0v) is 49.6. The number of hydrogen-bond acceptors (Lipinski definition) is 15. The van der Waals surface area contributed by atoms with Crippen LogP contribution in [0.15, 0.2) is 110 Å². The van der Waals surface area contributed by atoms with Crippen molar-refractivity contribution in [2.45, 2.75) is 255 Å². The summed E-state index contributed by atoms with van der Waals surface area (Å²) >= 11 is 0. The van der Waals surface area contributed by atoms with E-state index in [-0.39, 0.29) is 69.0 Å². The molecule has 15 heteroatoms. The average molecular weight is 1140 g/mol. The quantitative estimate of drug-likeness (QED) is 0.0479. The van der Waals surface area contributed by atoms with Crippen LogP contribution in [0, 0.1) is 29.6 Å². The van der Waals surface area contributed by atoms with Crippen molar-refractivity contribution in [3.05, 3.63) is 110 Å². The predicted octanol–water partition coefficient (Wildman–Crippen LogP) is 8.93. The van der Waals surface area contributed by atoms with E-state index in [1.54, 1.807) is 44.2 Å². The molecule has 0 aromatic rings. The van der Waals surface area contributed by atoms with Crippen LogP contribution in [-0.4, -0.2) is 142 Å². The summed E-state index contributed by atoms with van der Waals surface area (Å²) in [6.45, 7) is 11.8. The van der Waals surface area contributed by atoms with Crippen molar-refractivity contribution in [3.63, 3.8) is 0 Å². The molecule has 0 spiro atoms. The van der Waals surface area contributed by atoms with Crippen LogP contribution in [0.2, 0.25) is 0 Å². The number of aliphatic hydroxyl groups is 10. The molecule has 12 N–H and O–H groups in total. The van der Waals surface area contributed by atoms with Crippen LogP contribution in [0.1, 0.15) is 182 Å². The smallest absolute Gasteiger partial charge is 0.306 e. The highest BCUT2D eigenvalue weighted by Gasteiger charge is 2.43. The Morgan fingerprint density at radius 3 is 2.10 bits per heavy atom. The summed E-state index contributed by atoms with van der Waals surface area (Å²) < 4.78 is 12.0. The highest BCUT2D eigenvalue weighted by Crippen LogP contribution is 2.36. The van der Waals surface area contributed by atoms with Gasteiger partial charge in [0, 0.05) is 37.0 Å². The van der Waals surface area contributed by atoms with Gasteiger partial charge in [-0.25, -0.2) is 0 Å². The minimum absolute atomic E-state index is 0.0118. The van der Waals surface area contributed by atoms with Crippen molar-refractivity contribution in [3.8, 4) is 0 Å². The molecule has 462 valence electrons. The number of aliphatic hydroxyl groups excluding tert-OH is 9. The first-order chi connectivity index (χ1) is 38.7. The number of rotatable bonds is 17. The SMILES string of the molecule is C=CCCC(C)CCC(O)C1CC=CC(=O)C(C)C(O)C(C)C=CC=CC=CC=CC=CCCCC(=O)OC(C=CCC(O)CCCC(O)CCCN)CC(O)CC(O)CC(O)CCCC2CC(O)CC(O)(O2)C(C)C=CC(O)CC1. The van der Waals surface area contributed by atoms with Crippen molar-refractivity contribution in [2.24, 2.45) is 35.3 Å². The number of carbonyl (C=O) groups excluding carboxylic acids is 2. The summed E-state index contributed by atoms with van der Waals surface area (Å²) in [5.41, 5.74) is 5.54. The molecule has 2 aliphatic rings. The summed E-state index contributed by atoms with van der Waals surface area (Å²) in [6.07, 6.45) is 31.7. The number of allylic oxidation sites excluding steroid dienone is 12. The van der Waals surface area contributed by atoms with Gasteiger partial charge in [-0.05, 0) is 165 Å². The highest BCUT2D eigenvalue weighted by atomic mass is 16.6. The third-order valence-electron chi connectivity index (χ3n) is 15.8. The van der Waals surface area contributed by atoms with E-state index in [0.29, 0.717) is 89.5 Å². The van der Waals surface area contributed by atoms with E-state index < -0.39 is 90.7 Å². The van der Waals surface area contributed by atoms with Gasteiger partial charge in [-0.1, -0.05) is 119 Å². The Balaban J connectivity index is 2.25. The molecule has 2 heterocycles. The first-order valence-corrected chi connectivity index (χ1v) is 30.6. The molecule has 0 radical (unpaired) electrons. The molecule has 0 aromatic carbocycles. The van der Waals surface area contributed by atoms with Crippen LogP contribution in [0.3, 0.4) is 0 Å². The van der Waals surface area contributed by atoms with E-state index in [1.165, 1.54) is 6.08 Å². The summed E-state index contributed by atoms with van der Waals surface area (Å²) in [5.74, 6) is -3.88. The Kier molecular flexibility index (Phi) is 39.0. The number of carbonyl (C=O) groups is 2. The lowest BCUT2D eigenvalue weighted by molar-refractivity contribution is -0.289. The average Bonchev–Trinajstić information content (AvgIpc) is 3.48. The van der Waals surface area contributed by atoms with Gasteiger partial charge in [-0.3, -0.25) is 9.59 Å². The molecule has 0 amide bonds. The Hall–Kier alpha value is -3.68. The Morgan fingerprint density at radius 2 is 1.38 bits per heavy atom. The van der Waals surface area contributed by atoms with Gasteiger partial charge >= 0.3 is 5.97 Å². The molecule has 81 heavy (non-hydrogen) atoms. The van der Waals surface area contributed by atoms with Crippen LogP contribution in [-0.2, 0) is 19.1 Å². The maximum absolute atomic E-state index is 13.3. The van der Waals surface area contributed by atoms with Crippen molar-refractivity contribution in [1.82, 2.24) is 0 Å². The van der Waals surface area contributed by atoms with E-state index in [4.69, 9.17) is 15.2 Å². The standard InChI is InChI=1S/C66H109NO14/c1-6-7-24-48(2)36-41-63(76)52-26-19-34-62(75)51(5)65(78)49(3)25-17-15-13-11-9-8-10-12-14-16-18-35-64(77)80-60(32-21-29-53(68)27-20-28-54(69)31-23-42-67)45-58(73)44-57(72)43-56(71)30-22-33-61-46-59(74)47-66(79,81-61)50(4)37-39-55(70)40-38-52/h6,8-15,17,19,21,25,32,34,37,39,48-61,63,65,68-74,76,78-79H,1,7,16,18,20,22-24,26-31,33,35-36,38,40-47,67H2,2-5H3. The summed E-state index contributed by atoms with van der Waals surface area (Å²) in [5, 5.41) is 110. The van der Waals surface area contributed by atoms with Crippen LogP contribution >= 0.6 is 0 Å². The molecule has 0 saturated carbocycles. The van der Waals surface area contributed by atoms with Gasteiger partial charge in [0.1, 0.15) is 6.10 Å². The molecule has 17 atom stereocenters. The molecule has 2 aliphatic heterocycles. The second-order valence-electron chi connectivity index (χ2n) is 23.4. The zero-order valence-electron chi connectivity index (χ0n) is 49.6. The van der Waals surface area contributed by atoms with Crippen LogP contribution in [0.25, 0.3) is 0 Å². The van der Waals surface area contributed by atoms with Gasteiger partial charge in [0.2, 0.25) is 0 Å². The van der Waals surface area contributed by atoms with Gasteiger partial charge in [0.05, 0.1) is 61.0 Å². The number of fused-ring (bicyclic) bond motifs is 2. The van der Waals surface area contributed by atoms with Crippen molar-refractivity contribution >= 4 is 11.8 Å². The van der Waals surface area contributed by atoms with E-state index in [2.05, 4.69) is 13.5 Å². The maximum atomic E-state index is 13.3. The lowest BCUT2D eigenvalue weighted by Crippen LogP contribution is -2.50. The molecular weight excluding hydrogens is 1030 g/mol. The van der Waals surface area contributed by atoms with Gasteiger partial charge < -0.3 is 66.3 Å². The minimum atomic E-state index is -1.73. The summed E-state index contributed by atoms with van der Waals surface area (Å²) in [6, 6.07) is 0. The van der Waals surface area contributed by atoms with E-state index in [9.17, 15) is 60.7 Å². The highest BCUT2D eigenvalue weighted by molar-refractivity contribution is 5.91. The molecule has 1 fully saturated rings. The van der Waals surface area contributed by atoms with Crippen molar-refractivity contribution in [1.29, 1.82) is 0 Å².